The van der Waals surface area contributed by atoms with Crippen molar-refractivity contribution in [3.8, 4) is 0 Å². The van der Waals surface area contributed by atoms with Crippen molar-refractivity contribution < 1.29 is 0 Å². The summed E-state index contributed by atoms with van der Waals surface area (Å²) >= 11 is 2.04. The molecule has 1 saturated heterocycles. The van der Waals surface area contributed by atoms with E-state index >= 15 is 0 Å². The van der Waals surface area contributed by atoms with Crippen molar-refractivity contribution >= 4 is 11.8 Å². The van der Waals surface area contributed by atoms with Crippen molar-refractivity contribution in [1.82, 2.24) is 5.32 Å². The molecule has 1 aromatic carbocycles. The second kappa shape index (κ2) is 4.85. The lowest BCUT2D eigenvalue weighted by molar-refractivity contribution is 0.405. The van der Waals surface area contributed by atoms with Gasteiger partial charge in [-0.1, -0.05) is 29.8 Å². The first-order chi connectivity index (χ1) is 6.84. The van der Waals surface area contributed by atoms with Crippen LogP contribution >= 0.6 is 11.8 Å². The highest BCUT2D eigenvalue weighted by Gasteiger charge is 2.15. The van der Waals surface area contributed by atoms with E-state index in [9.17, 15) is 0 Å². The Hall–Kier alpha value is -0.470. The Morgan fingerprint density at radius 3 is 3.00 bits per heavy atom. The van der Waals surface area contributed by atoms with Crippen LogP contribution in [0.5, 0.6) is 0 Å². The van der Waals surface area contributed by atoms with Crippen LogP contribution in [0.4, 0.5) is 0 Å². The predicted molar refractivity (Wildman–Crippen MR) is 63.7 cm³/mol. The molecule has 1 aliphatic rings. The maximum absolute atomic E-state index is 3.42. The fraction of sp³-hybridized carbons (Fsp3) is 0.500. The summed E-state index contributed by atoms with van der Waals surface area (Å²) < 4.78 is 0. The first kappa shape index (κ1) is 10.1. The molecule has 1 nitrogen and oxygen atoms in total. The van der Waals surface area contributed by atoms with Crippen LogP contribution in [0.1, 0.15) is 17.5 Å². The quantitative estimate of drug-likeness (QED) is 0.814. The van der Waals surface area contributed by atoms with Gasteiger partial charge in [0.1, 0.15) is 0 Å². The maximum Gasteiger partial charge on any atom is 0.0185 e. The van der Waals surface area contributed by atoms with E-state index in [2.05, 4.69) is 36.5 Å². The zero-order chi connectivity index (χ0) is 9.80. The molecule has 1 N–H and O–H groups in total. The average Bonchev–Trinajstić information content (AvgIpc) is 2.09. The molecule has 1 aliphatic heterocycles. The predicted octanol–water partition coefficient (Wildman–Crippen LogP) is 2.59. The number of benzene rings is 1. The summed E-state index contributed by atoms with van der Waals surface area (Å²) in [5, 5.41) is 3.42. The minimum Gasteiger partial charge on any atom is -0.313 e. The van der Waals surface area contributed by atoms with E-state index in [0.29, 0.717) is 0 Å². The molecular weight excluding hydrogens is 190 g/mol. The second-order valence-electron chi connectivity index (χ2n) is 3.94. The Kier molecular flexibility index (Phi) is 3.49. The highest BCUT2D eigenvalue weighted by atomic mass is 32.2. The molecule has 0 spiro atoms. The number of thioether (sulfide) groups is 1. The number of aryl methyl sites for hydroxylation is 1. The van der Waals surface area contributed by atoms with E-state index in [0.717, 1.165) is 11.8 Å². The fourth-order valence-electron chi connectivity index (χ4n) is 1.61. The Labute approximate surface area is 90.3 Å². The third-order valence-corrected chi connectivity index (χ3v) is 3.77. The van der Waals surface area contributed by atoms with Gasteiger partial charge in [-0.2, -0.15) is 11.8 Å². The van der Waals surface area contributed by atoms with Gasteiger partial charge in [-0.25, -0.2) is 0 Å². The summed E-state index contributed by atoms with van der Waals surface area (Å²) in [7, 11) is 0. The molecule has 1 heterocycles. The van der Waals surface area contributed by atoms with Gasteiger partial charge in [0.05, 0.1) is 0 Å². The normalized spacial score (nSPS) is 20.5. The SMILES string of the molecule is Cc1cccc(CSCC2CCN2)c1. The Morgan fingerprint density at radius 2 is 2.36 bits per heavy atom. The van der Waals surface area contributed by atoms with Crippen molar-refractivity contribution in [3.63, 3.8) is 0 Å². The lowest BCUT2D eigenvalue weighted by Crippen LogP contribution is -2.44. The monoisotopic (exact) mass is 207 g/mol. The number of rotatable bonds is 4. The molecule has 14 heavy (non-hydrogen) atoms. The van der Waals surface area contributed by atoms with Crippen molar-refractivity contribution in [3.05, 3.63) is 35.4 Å². The number of nitrogens with one attached hydrogen (secondary N) is 1. The average molecular weight is 207 g/mol. The topological polar surface area (TPSA) is 12.0 Å². The summed E-state index contributed by atoms with van der Waals surface area (Å²) in [5.74, 6) is 2.41. The largest absolute Gasteiger partial charge is 0.313 e. The van der Waals surface area contributed by atoms with Gasteiger partial charge in [0.15, 0.2) is 0 Å². The number of hydrogen-bond donors (Lipinski definition) is 1. The van der Waals surface area contributed by atoms with E-state index in [4.69, 9.17) is 0 Å². The summed E-state index contributed by atoms with van der Waals surface area (Å²) in [6.45, 7) is 3.37. The molecule has 0 bridgehead atoms. The highest BCUT2D eigenvalue weighted by molar-refractivity contribution is 7.98. The van der Waals surface area contributed by atoms with E-state index in [1.165, 1.54) is 29.8 Å². The molecule has 0 amide bonds. The van der Waals surface area contributed by atoms with Gasteiger partial charge in [-0.15, -0.1) is 0 Å². The fourth-order valence-corrected chi connectivity index (χ4v) is 2.71. The molecule has 1 unspecified atom stereocenters. The Balaban J connectivity index is 1.74. The molecular formula is C12H17NS. The van der Waals surface area contributed by atoms with Gasteiger partial charge >= 0.3 is 0 Å². The molecule has 1 fully saturated rings. The standard InChI is InChI=1S/C12H17NS/c1-10-3-2-4-11(7-10)8-14-9-12-5-6-13-12/h2-4,7,12-13H,5-6,8-9H2,1H3. The van der Waals surface area contributed by atoms with Crippen LogP contribution in [-0.4, -0.2) is 18.3 Å². The summed E-state index contributed by atoms with van der Waals surface area (Å²) in [6.07, 6.45) is 1.36. The maximum atomic E-state index is 3.42. The zero-order valence-electron chi connectivity index (χ0n) is 8.62. The summed E-state index contributed by atoms with van der Waals surface area (Å²) in [6, 6.07) is 9.58. The molecule has 0 radical (unpaired) electrons. The van der Waals surface area contributed by atoms with Crippen molar-refractivity contribution in [1.29, 1.82) is 0 Å². The Bertz CT molecular complexity index is 294. The van der Waals surface area contributed by atoms with Gasteiger partial charge in [-0.3, -0.25) is 0 Å². The van der Waals surface area contributed by atoms with Crippen LogP contribution in [0.25, 0.3) is 0 Å². The molecule has 0 aliphatic carbocycles. The van der Waals surface area contributed by atoms with Crippen LogP contribution in [0.15, 0.2) is 24.3 Å². The van der Waals surface area contributed by atoms with E-state index < -0.39 is 0 Å². The summed E-state index contributed by atoms with van der Waals surface area (Å²) in [4.78, 5) is 0. The van der Waals surface area contributed by atoms with Gasteiger partial charge in [-0.05, 0) is 25.5 Å². The smallest absolute Gasteiger partial charge is 0.0185 e. The molecule has 2 rings (SSSR count). The molecule has 0 aromatic heterocycles. The first-order valence-electron chi connectivity index (χ1n) is 5.21. The molecule has 0 saturated carbocycles. The van der Waals surface area contributed by atoms with Crippen molar-refractivity contribution in [2.45, 2.75) is 25.1 Å². The number of hydrogen-bond acceptors (Lipinski definition) is 2. The zero-order valence-corrected chi connectivity index (χ0v) is 9.44. The highest BCUT2D eigenvalue weighted by Crippen LogP contribution is 2.17. The molecule has 2 heteroatoms. The first-order valence-corrected chi connectivity index (χ1v) is 6.37. The van der Waals surface area contributed by atoms with Crippen LogP contribution < -0.4 is 5.32 Å². The van der Waals surface area contributed by atoms with Crippen molar-refractivity contribution in [2.75, 3.05) is 12.3 Å². The molecule has 1 aromatic rings. The molecule has 1 atom stereocenters. The lowest BCUT2D eigenvalue weighted by atomic mass is 10.1. The second-order valence-corrected chi connectivity index (χ2v) is 4.97. The van der Waals surface area contributed by atoms with Crippen LogP contribution in [-0.2, 0) is 5.75 Å². The van der Waals surface area contributed by atoms with Gasteiger partial charge in [0.2, 0.25) is 0 Å². The third kappa shape index (κ3) is 2.76. The van der Waals surface area contributed by atoms with Gasteiger partial charge in [0.25, 0.3) is 0 Å². The van der Waals surface area contributed by atoms with Crippen LogP contribution in [0, 0.1) is 6.92 Å². The van der Waals surface area contributed by atoms with Crippen molar-refractivity contribution in [2.24, 2.45) is 0 Å². The summed E-state index contributed by atoms with van der Waals surface area (Å²) in [5.41, 5.74) is 2.82. The minimum absolute atomic E-state index is 0.782. The lowest BCUT2D eigenvalue weighted by Gasteiger charge is -2.27. The van der Waals surface area contributed by atoms with Gasteiger partial charge < -0.3 is 5.32 Å². The van der Waals surface area contributed by atoms with E-state index in [-0.39, 0.29) is 0 Å². The van der Waals surface area contributed by atoms with E-state index in [1.54, 1.807) is 0 Å². The third-order valence-electron chi connectivity index (χ3n) is 2.60. The Morgan fingerprint density at radius 1 is 1.50 bits per heavy atom. The minimum atomic E-state index is 0.782. The van der Waals surface area contributed by atoms with E-state index in [1.807, 2.05) is 11.8 Å². The molecule has 76 valence electrons. The van der Waals surface area contributed by atoms with Gasteiger partial charge in [0, 0.05) is 17.5 Å². The van der Waals surface area contributed by atoms with Crippen LogP contribution in [0.3, 0.4) is 0 Å². The van der Waals surface area contributed by atoms with Crippen LogP contribution in [0.2, 0.25) is 0 Å².